The van der Waals surface area contributed by atoms with Gasteiger partial charge in [0.15, 0.2) is 0 Å². The van der Waals surface area contributed by atoms with E-state index >= 15 is 0 Å². The van der Waals surface area contributed by atoms with Crippen LogP contribution in [0.5, 0.6) is 0 Å². The first-order valence-electron chi connectivity index (χ1n) is 7.05. The summed E-state index contributed by atoms with van der Waals surface area (Å²) < 4.78 is 26.2. The van der Waals surface area contributed by atoms with Crippen molar-refractivity contribution in [3.05, 3.63) is 70.2 Å². The van der Waals surface area contributed by atoms with E-state index in [1.165, 1.54) is 0 Å². The average molecular weight is 354 g/mol. The van der Waals surface area contributed by atoms with E-state index in [0.29, 0.717) is 16.7 Å². The number of hydrogen-bond donors (Lipinski definition) is 2. The van der Waals surface area contributed by atoms with E-state index in [0.717, 1.165) is 12.1 Å². The van der Waals surface area contributed by atoms with Crippen LogP contribution >= 0.6 is 11.6 Å². The zero-order valence-electron chi connectivity index (χ0n) is 12.4. The van der Waals surface area contributed by atoms with Crippen LogP contribution in [0.3, 0.4) is 0 Å². The molecule has 24 heavy (non-hydrogen) atoms. The summed E-state index contributed by atoms with van der Waals surface area (Å²) in [7, 11) is 0. The van der Waals surface area contributed by atoms with Gasteiger partial charge in [-0.15, -0.1) is 0 Å². The summed E-state index contributed by atoms with van der Waals surface area (Å²) in [6.45, 7) is 0. The van der Waals surface area contributed by atoms with Crippen LogP contribution in [0.15, 0.2) is 42.5 Å². The molecule has 0 aliphatic rings. The molecule has 2 N–H and O–H groups in total. The Kier molecular flexibility index (Phi) is 5.87. The van der Waals surface area contributed by atoms with Crippen LogP contribution < -0.4 is 5.32 Å². The lowest BCUT2D eigenvalue weighted by Gasteiger charge is -2.15. The summed E-state index contributed by atoms with van der Waals surface area (Å²) in [6, 6.07) is 8.23. The maximum atomic E-state index is 13.1. The molecule has 4 nitrogen and oxygen atoms in total. The first kappa shape index (κ1) is 17.9. The highest BCUT2D eigenvalue weighted by Gasteiger charge is 2.21. The second kappa shape index (κ2) is 7.88. The summed E-state index contributed by atoms with van der Waals surface area (Å²) >= 11 is 5.99. The second-order valence-electron chi connectivity index (χ2n) is 5.21. The van der Waals surface area contributed by atoms with Gasteiger partial charge < -0.3 is 10.4 Å². The molecule has 1 amide bonds. The number of carboxylic acid groups (broad SMARTS) is 1. The van der Waals surface area contributed by atoms with Gasteiger partial charge in [-0.1, -0.05) is 29.8 Å². The highest BCUT2D eigenvalue weighted by molar-refractivity contribution is 6.31. The first-order valence-corrected chi connectivity index (χ1v) is 7.43. The van der Waals surface area contributed by atoms with Gasteiger partial charge in [0.2, 0.25) is 5.91 Å². The Morgan fingerprint density at radius 3 is 2.33 bits per heavy atom. The molecule has 0 aromatic heterocycles. The fraction of sp³-hybridized carbons (Fsp3) is 0.176. The Morgan fingerprint density at radius 1 is 1.12 bits per heavy atom. The number of aliphatic carboxylic acids is 1. The van der Waals surface area contributed by atoms with Gasteiger partial charge in [0.25, 0.3) is 0 Å². The Hall–Kier alpha value is -2.47. The van der Waals surface area contributed by atoms with E-state index in [1.807, 2.05) is 0 Å². The molecule has 0 radical (unpaired) electrons. The Morgan fingerprint density at radius 2 is 1.75 bits per heavy atom. The molecule has 0 bridgehead atoms. The van der Waals surface area contributed by atoms with Gasteiger partial charge in [-0.2, -0.15) is 0 Å². The molecule has 0 spiro atoms. The summed E-state index contributed by atoms with van der Waals surface area (Å²) in [6.07, 6.45) is -0.334. The smallest absolute Gasteiger partial charge is 0.326 e. The van der Waals surface area contributed by atoms with Crippen LogP contribution in [0, 0.1) is 11.6 Å². The number of benzene rings is 2. The lowest BCUT2D eigenvalue weighted by Crippen LogP contribution is -2.43. The standard InChI is InChI=1S/C17H14ClF2NO3/c18-14-4-2-1-3-11(14)8-15(17(23)24)21-16(22)7-10-5-12(19)9-13(20)6-10/h1-6,9,15H,7-8H2,(H,21,22)(H,23,24)/t15-/m0/s1. The summed E-state index contributed by atoms with van der Waals surface area (Å²) in [5.74, 6) is -3.49. The van der Waals surface area contributed by atoms with Crippen molar-refractivity contribution in [2.75, 3.05) is 0 Å². The van der Waals surface area contributed by atoms with Crippen LogP contribution in [0.1, 0.15) is 11.1 Å². The fourth-order valence-electron chi connectivity index (χ4n) is 2.23. The Bertz CT molecular complexity index is 747. The molecule has 0 saturated carbocycles. The maximum Gasteiger partial charge on any atom is 0.326 e. The highest BCUT2D eigenvalue weighted by atomic mass is 35.5. The zero-order valence-corrected chi connectivity index (χ0v) is 13.2. The molecule has 7 heteroatoms. The molecule has 0 heterocycles. The number of rotatable bonds is 6. The summed E-state index contributed by atoms with van der Waals surface area (Å²) in [5, 5.41) is 12.0. The van der Waals surface area contributed by atoms with Crippen molar-refractivity contribution in [1.29, 1.82) is 0 Å². The van der Waals surface area contributed by atoms with Crippen LogP contribution in [-0.4, -0.2) is 23.0 Å². The minimum atomic E-state index is -1.23. The van der Waals surface area contributed by atoms with Crippen molar-refractivity contribution in [2.45, 2.75) is 18.9 Å². The van der Waals surface area contributed by atoms with Gasteiger partial charge in [-0.3, -0.25) is 4.79 Å². The number of hydrogen-bond acceptors (Lipinski definition) is 2. The van der Waals surface area contributed by atoms with E-state index in [9.17, 15) is 23.5 Å². The molecular weight excluding hydrogens is 340 g/mol. The van der Waals surface area contributed by atoms with Crippen LogP contribution in [0.2, 0.25) is 5.02 Å². The number of carbonyl (C=O) groups excluding carboxylic acids is 1. The average Bonchev–Trinajstić information content (AvgIpc) is 2.47. The van der Waals surface area contributed by atoms with Crippen LogP contribution in [0.25, 0.3) is 0 Å². The largest absolute Gasteiger partial charge is 0.480 e. The number of carbonyl (C=O) groups is 2. The summed E-state index contributed by atoms with van der Waals surface area (Å²) in [5.41, 5.74) is 0.690. The van der Waals surface area contributed by atoms with E-state index in [-0.39, 0.29) is 18.4 Å². The van der Waals surface area contributed by atoms with Crippen molar-refractivity contribution in [3.63, 3.8) is 0 Å². The van der Waals surface area contributed by atoms with E-state index < -0.39 is 29.6 Å². The van der Waals surface area contributed by atoms with E-state index in [1.54, 1.807) is 24.3 Å². The van der Waals surface area contributed by atoms with Gasteiger partial charge in [-0.25, -0.2) is 13.6 Å². The van der Waals surface area contributed by atoms with Gasteiger partial charge in [0.05, 0.1) is 6.42 Å². The van der Waals surface area contributed by atoms with Gasteiger partial charge in [-0.05, 0) is 29.3 Å². The number of amides is 1. The van der Waals surface area contributed by atoms with Crippen molar-refractivity contribution < 1.29 is 23.5 Å². The van der Waals surface area contributed by atoms with Crippen molar-refractivity contribution >= 4 is 23.5 Å². The van der Waals surface area contributed by atoms with Gasteiger partial charge >= 0.3 is 5.97 Å². The number of halogens is 3. The molecule has 2 aromatic rings. The molecule has 0 aliphatic carbocycles. The van der Waals surface area contributed by atoms with Crippen molar-refractivity contribution in [3.8, 4) is 0 Å². The normalized spacial score (nSPS) is 11.8. The first-order chi connectivity index (χ1) is 11.3. The van der Waals surface area contributed by atoms with Crippen LogP contribution in [-0.2, 0) is 22.4 Å². The monoisotopic (exact) mass is 353 g/mol. The molecule has 0 aliphatic heterocycles. The molecule has 0 unspecified atom stereocenters. The molecule has 126 valence electrons. The minimum absolute atomic E-state index is 0.00173. The SMILES string of the molecule is O=C(Cc1cc(F)cc(F)c1)N[C@@H](Cc1ccccc1Cl)C(=O)O. The third-order valence-electron chi connectivity index (χ3n) is 3.30. The Labute approximate surface area is 142 Å². The fourth-order valence-corrected chi connectivity index (χ4v) is 2.44. The third kappa shape index (κ3) is 5.03. The molecule has 2 rings (SSSR count). The quantitative estimate of drug-likeness (QED) is 0.839. The van der Waals surface area contributed by atoms with E-state index in [2.05, 4.69) is 5.32 Å². The number of nitrogens with one attached hydrogen (secondary N) is 1. The van der Waals surface area contributed by atoms with Crippen molar-refractivity contribution in [2.24, 2.45) is 0 Å². The molecule has 2 aromatic carbocycles. The maximum absolute atomic E-state index is 13.1. The number of carboxylic acids is 1. The molecule has 0 saturated heterocycles. The lowest BCUT2D eigenvalue weighted by molar-refractivity contribution is -0.141. The van der Waals surface area contributed by atoms with Crippen LogP contribution in [0.4, 0.5) is 8.78 Å². The molecule has 0 fully saturated rings. The zero-order chi connectivity index (χ0) is 17.7. The molecule has 1 atom stereocenters. The topological polar surface area (TPSA) is 66.4 Å². The van der Waals surface area contributed by atoms with Gasteiger partial charge in [0, 0.05) is 17.5 Å². The minimum Gasteiger partial charge on any atom is -0.480 e. The predicted octanol–water partition coefficient (Wildman–Crippen LogP) is 2.97. The van der Waals surface area contributed by atoms with Gasteiger partial charge in [0.1, 0.15) is 17.7 Å². The third-order valence-corrected chi connectivity index (χ3v) is 3.67. The second-order valence-corrected chi connectivity index (χ2v) is 5.62. The highest BCUT2D eigenvalue weighted by Crippen LogP contribution is 2.17. The lowest BCUT2D eigenvalue weighted by atomic mass is 10.1. The molecular formula is C17H14ClF2NO3. The summed E-state index contributed by atoms with van der Waals surface area (Å²) in [4.78, 5) is 23.3. The predicted molar refractivity (Wildman–Crippen MR) is 84.8 cm³/mol. The Balaban J connectivity index is 2.06. The van der Waals surface area contributed by atoms with Crippen molar-refractivity contribution in [1.82, 2.24) is 5.32 Å². The van der Waals surface area contributed by atoms with E-state index in [4.69, 9.17) is 11.6 Å².